The van der Waals surface area contributed by atoms with Crippen molar-refractivity contribution in [2.45, 2.75) is 58.0 Å². The van der Waals surface area contributed by atoms with Gasteiger partial charge in [-0.1, -0.05) is 0 Å². The van der Waals surface area contributed by atoms with Gasteiger partial charge in [0, 0.05) is 36.3 Å². The Morgan fingerprint density at radius 1 is 1.27 bits per heavy atom. The van der Waals surface area contributed by atoms with Crippen LogP contribution in [0, 0.1) is 17.2 Å². The van der Waals surface area contributed by atoms with Gasteiger partial charge in [-0.2, -0.15) is 23.4 Å². The van der Waals surface area contributed by atoms with E-state index in [4.69, 9.17) is 10.00 Å². The fraction of sp³-hybridized carbons (Fsp3) is 0.500. The topological polar surface area (TPSA) is 95.2 Å². The summed E-state index contributed by atoms with van der Waals surface area (Å²) in [5.41, 5.74) is 0.783. The molecule has 4 rings (SSSR count). The summed E-state index contributed by atoms with van der Waals surface area (Å²) < 4.78 is 44.5. The van der Waals surface area contributed by atoms with Crippen LogP contribution in [0.5, 0.6) is 5.88 Å². The number of aromatic nitrogens is 3. The second kappa shape index (κ2) is 8.17. The number of amides is 1. The maximum absolute atomic E-state index is 13.2. The lowest BCUT2D eigenvalue weighted by molar-refractivity contribution is -0.141. The molecule has 1 fully saturated rings. The van der Waals surface area contributed by atoms with Crippen molar-refractivity contribution in [2.24, 2.45) is 5.92 Å². The van der Waals surface area contributed by atoms with E-state index in [1.165, 1.54) is 7.11 Å². The highest BCUT2D eigenvalue weighted by atomic mass is 19.4. The van der Waals surface area contributed by atoms with E-state index < -0.39 is 11.9 Å². The number of hydrogen-bond acceptors (Lipinski definition) is 7. The monoisotopic (exact) mass is 460 g/mol. The van der Waals surface area contributed by atoms with Gasteiger partial charge in [-0.25, -0.2) is 4.98 Å². The highest BCUT2D eigenvalue weighted by Gasteiger charge is 2.46. The largest absolute Gasteiger partial charge is 0.481 e. The first-order chi connectivity index (χ1) is 15.6. The average molecular weight is 460 g/mol. The minimum atomic E-state index is -4.51. The number of hydrogen-bond donors (Lipinski definition) is 0. The summed E-state index contributed by atoms with van der Waals surface area (Å²) in [5.74, 6) is 0.155. The molecule has 2 aliphatic rings. The Hall–Kier alpha value is -3.42. The summed E-state index contributed by atoms with van der Waals surface area (Å²) in [5, 5.41) is 9.15. The summed E-state index contributed by atoms with van der Waals surface area (Å²) in [4.78, 5) is 28.5. The third-order valence-electron chi connectivity index (χ3n) is 6.67. The maximum atomic E-state index is 13.2. The van der Waals surface area contributed by atoms with Crippen LogP contribution in [0.15, 0.2) is 18.3 Å². The van der Waals surface area contributed by atoms with Gasteiger partial charge in [-0.05, 0) is 32.9 Å². The molecular weight excluding hydrogens is 437 g/mol. The molecule has 3 atom stereocenters. The molecule has 0 aliphatic carbocycles. The van der Waals surface area contributed by atoms with Crippen molar-refractivity contribution < 1.29 is 22.7 Å². The third-order valence-corrected chi connectivity index (χ3v) is 6.67. The van der Waals surface area contributed by atoms with Crippen LogP contribution in [-0.4, -0.2) is 45.0 Å². The molecule has 33 heavy (non-hydrogen) atoms. The number of pyridine rings is 1. The predicted molar refractivity (Wildman–Crippen MR) is 111 cm³/mol. The Morgan fingerprint density at radius 3 is 2.58 bits per heavy atom. The number of nitriles is 1. The summed E-state index contributed by atoms with van der Waals surface area (Å²) in [6.07, 6.45) is -3.11. The summed E-state index contributed by atoms with van der Waals surface area (Å²) in [7, 11) is 1.45. The lowest BCUT2D eigenvalue weighted by Crippen LogP contribution is -2.62. The van der Waals surface area contributed by atoms with Gasteiger partial charge >= 0.3 is 6.18 Å². The van der Waals surface area contributed by atoms with Gasteiger partial charge in [-0.15, -0.1) is 0 Å². The van der Waals surface area contributed by atoms with Crippen LogP contribution in [-0.2, 0) is 17.5 Å². The lowest BCUT2D eigenvalue weighted by Gasteiger charge is -2.54. The molecule has 1 saturated heterocycles. The van der Waals surface area contributed by atoms with Gasteiger partial charge in [0.2, 0.25) is 17.6 Å². The van der Waals surface area contributed by atoms with Crippen LogP contribution in [0.3, 0.4) is 0 Å². The quantitative estimate of drug-likeness (QED) is 0.689. The first-order valence-corrected chi connectivity index (χ1v) is 10.5. The molecule has 0 aromatic carbocycles. The highest BCUT2D eigenvalue weighted by molar-refractivity contribution is 5.79. The van der Waals surface area contributed by atoms with Crippen LogP contribution < -0.4 is 9.64 Å². The number of anilines is 1. The standard InChI is InChI=1S/C22H23F3N6O2/c1-11-15(12(2)31(11)14-5-6-27-17(7-14)22(23,24)25)8-19(32)30-10-16-20(13(30)3)21(33-4)29-18(9-26)28-16/h5-7,11-13,15H,8,10H2,1-4H3. The second-order valence-electron chi connectivity index (χ2n) is 8.38. The normalized spacial score (nSPS) is 24.2. The van der Waals surface area contributed by atoms with Crippen molar-refractivity contribution in [2.75, 3.05) is 12.0 Å². The number of ether oxygens (including phenoxy) is 1. The number of nitrogens with zero attached hydrogens (tertiary/aromatic N) is 6. The van der Waals surface area contributed by atoms with Crippen molar-refractivity contribution in [1.29, 1.82) is 5.26 Å². The van der Waals surface area contributed by atoms with Crippen molar-refractivity contribution in [3.8, 4) is 11.9 Å². The van der Waals surface area contributed by atoms with Gasteiger partial charge in [0.15, 0.2) is 0 Å². The second-order valence-corrected chi connectivity index (χ2v) is 8.38. The van der Waals surface area contributed by atoms with Crippen molar-refractivity contribution in [3.05, 3.63) is 41.1 Å². The molecular formula is C22H23F3N6O2. The number of methoxy groups -OCH3 is 1. The first-order valence-electron chi connectivity index (χ1n) is 10.5. The van der Waals surface area contributed by atoms with E-state index in [-0.39, 0.29) is 54.6 Å². The van der Waals surface area contributed by atoms with Crippen LogP contribution in [0.4, 0.5) is 18.9 Å². The lowest BCUT2D eigenvalue weighted by atomic mass is 9.78. The molecule has 2 aliphatic heterocycles. The number of rotatable bonds is 4. The van der Waals surface area contributed by atoms with Gasteiger partial charge in [-0.3, -0.25) is 9.78 Å². The molecule has 1 amide bonds. The van der Waals surface area contributed by atoms with Crippen molar-refractivity contribution in [3.63, 3.8) is 0 Å². The summed E-state index contributed by atoms with van der Waals surface area (Å²) >= 11 is 0. The minimum Gasteiger partial charge on any atom is -0.481 e. The molecule has 2 aromatic rings. The van der Waals surface area contributed by atoms with Gasteiger partial charge in [0.1, 0.15) is 11.8 Å². The third kappa shape index (κ3) is 3.83. The highest BCUT2D eigenvalue weighted by Crippen LogP contribution is 2.43. The number of carbonyl (C=O) groups is 1. The molecule has 11 heteroatoms. The first kappa shape index (κ1) is 22.8. The van der Waals surface area contributed by atoms with E-state index in [0.717, 1.165) is 12.3 Å². The van der Waals surface area contributed by atoms with E-state index in [0.29, 0.717) is 16.9 Å². The molecule has 0 N–H and O–H groups in total. The van der Waals surface area contributed by atoms with Crippen LogP contribution in [0.25, 0.3) is 0 Å². The predicted octanol–water partition coefficient (Wildman–Crippen LogP) is 3.48. The molecule has 0 radical (unpaired) electrons. The molecule has 0 spiro atoms. The molecule has 8 nitrogen and oxygen atoms in total. The fourth-order valence-corrected chi connectivity index (χ4v) is 4.95. The van der Waals surface area contributed by atoms with Crippen molar-refractivity contribution >= 4 is 11.6 Å². The Labute approximate surface area is 189 Å². The van der Waals surface area contributed by atoms with E-state index in [1.807, 2.05) is 31.7 Å². The molecule has 0 bridgehead atoms. The zero-order valence-corrected chi connectivity index (χ0v) is 18.6. The molecule has 4 heterocycles. The zero-order valence-electron chi connectivity index (χ0n) is 18.6. The fourth-order valence-electron chi connectivity index (χ4n) is 4.95. The van der Waals surface area contributed by atoms with E-state index in [9.17, 15) is 18.0 Å². The average Bonchev–Trinajstić information content (AvgIpc) is 3.13. The van der Waals surface area contributed by atoms with Crippen molar-refractivity contribution in [1.82, 2.24) is 19.9 Å². The van der Waals surface area contributed by atoms with E-state index >= 15 is 0 Å². The Morgan fingerprint density at radius 2 is 1.97 bits per heavy atom. The van der Waals surface area contributed by atoms with E-state index in [2.05, 4.69) is 15.0 Å². The maximum Gasteiger partial charge on any atom is 0.433 e. The molecule has 0 saturated carbocycles. The summed E-state index contributed by atoms with van der Waals surface area (Å²) in [6, 6.07) is 3.95. The smallest absolute Gasteiger partial charge is 0.433 e. The molecule has 2 aromatic heterocycles. The Balaban J connectivity index is 1.48. The molecule has 3 unspecified atom stereocenters. The summed E-state index contributed by atoms with van der Waals surface area (Å²) in [6.45, 7) is 5.92. The van der Waals surface area contributed by atoms with Crippen LogP contribution in [0.2, 0.25) is 0 Å². The minimum absolute atomic E-state index is 0.0143. The van der Waals surface area contributed by atoms with Gasteiger partial charge in [0.25, 0.3) is 0 Å². The number of fused-ring (bicyclic) bond motifs is 1. The number of carbonyl (C=O) groups excluding carboxylic acids is 1. The Kier molecular flexibility index (Phi) is 5.64. The SMILES string of the molecule is COc1nc(C#N)nc2c1C(C)N(C(=O)CC1C(C)N(c3ccnc(C(F)(F)F)c3)C1C)C2. The number of halogens is 3. The zero-order chi connectivity index (χ0) is 24.1. The Bertz CT molecular complexity index is 1120. The number of alkyl halides is 3. The van der Waals surface area contributed by atoms with Gasteiger partial charge < -0.3 is 14.5 Å². The van der Waals surface area contributed by atoms with Crippen LogP contribution >= 0.6 is 0 Å². The van der Waals surface area contributed by atoms with E-state index in [1.54, 1.807) is 11.0 Å². The van der Waals surface area contributed by atoms with Crippen LogP contribution in [0.1, 0.15) is 56.0 Å². The molecule has 174 valence electrons. The van der Waals surface area contributed by atoms with Gasteiger partial charge in [0.05, 0.1) is 31.0 Å².